The molecular weight excluding hydrogens is 422 g/mol. The number of nitrogens with two attached hydrogens (primary N) is 1. The summed E-state index contributed by atoms with van der Waals surface area (Å²) in [5.41, 5.74) is 6.18. The third-order valence-corrected chi connectivity index (χ3v) is 7.38. The lowest BCUT2D eigenvalue weighted by molar-refractivity contribution is 0.0693. The van der Waals surface area contributed by atoms with Crippen LogP contribution in [0, 0.1) is 5.92 Å². The van der Waals surface area contributed by atoms with Crippen molar-refractivity contribution in [3.05, 3.63) is 53.6 Å². The zero-order chi connectivity index (χ0) is 21.9. The highest BCUT2D eigenvalue weighted by molar-refractivity contribution is 7.98. The van der Waals surface area contributed by atoms with Gasteiger partial charge in [-0.25, -0.2) is 8.42 Å². The minimum absolute atomic E-state index is 0.00741. The van der Waals surface area contributed by atoms with Gasteiger partial charge in [0.05, 0.1) is 10.5 Å². The first-order valence-corrected chi connectivity index (χ1v) is 12.3. The zero-order valence-corrected chi connectivity index (χ0v) is 18.6. The number of hydrogen-bond donors (Lipinski definition) is 2. The molecule has 160 valence electrons. The second-order valence-corrected chi connectivity index (χ2v) is 9.91. The molecule has 7 nitrogen and oxygen atoms in total. The minimum atomic E-state index is -3.91. The second-order valence-electron chi connectivity index (χ2n) is 7.38. The van der Waals surface area contributed by atoms with E-state index in [0.29, 0.717) is 30.3 Å². The lowest BCUT2D eigenvalue weighted by atomic mass is 9.98. The molecule has 2 amide bonds. The number of anilines is 1. The lowest BCUT2D eigenvalue weighted by Crippen LogP contribution is -2.38. The highest BCUT2D eigenvalue weighted by Crippen LogP contribution is 2.28. The van der Waals surface area contributed by atoms with Gasteiger partial charge in [0.2, 0.25) is 5.91 Å². The summed E-state index contributed by atoms with van der Waals surface area (Å²) in [5, 5.41) is 0. The molecule has 3 rings (SSSR count). The molecule has 1 aliphatic rings. The van der Waals surface area contributed by atoms with E-state index in [0.717, 1.165) is 17.7 Å². The first-order chi connectivity index (χ1) is 14.2. The van der Waals surface area contributed by atoms with E-state index >= 15 is 0 Å². The van der Waals surface area contributed by atoms with Crippen molar-refractivity contribution in [1.82, 2.24) is 4.90 Å². The van der Waals surface area contributed by atoms with E-state index in [2.05, 4.69) is 11.6 Å². The normalized spacial score (nSPS) is 15.1. The maximum atomic E-state index is 13.1. The molecule has 0 atom stereocenters. The summed E-state index contributed by atoms with van der Waals surface area (Å²) < 4.78 is 28.2. The van der Waals surface area contributed by atoms with E-state index < -0.39 is 15.9 Å². The van der Waals surface area contributed by atoms with Crippen LogP contribution in [0.4, 0.5) is 5.69 Å². The molecule has 2 aromatic rings. The average molecular weight is 448 g/mol. The number of carbonyl (C=O) groups excluding carboxylic acids is 2. The van der Waals surface area contributed by atoms with E-state index in [9.17, 15) is 18.0 Å². The molecule has 1 saturated heterocycles. The minimum Gasteiger partial charge on any atom is -0.366 e. The number of hydrogen-bond acceptors (Lipinski definition) is 5. The van der Waals surface area contributed by atoms with Gasteiger partial charge in [0, 0.05) is 29.2 Å². The summed E-state index contributed by atoms with van der Waals surface area (Å²) in [4.78, 5) is 26.8. The van der Waals surface area contributed by atoms with Crippen LogP contribution in [0.2, 0.25) is 0 Å². The maximum absolute atomic E-state index is 13.1. The number of piperidine rings is 1. The Morgan fingerprint density at radius 3 is 2.30 bits per heavy atom. The van der Waals surface area contributed by atoms with Crippen LogP contribution < -0.4 is 10.5 Å². The fraction of sp³-hybridized carbons (Fsp3) is 0.333. The monoisotopic (exact) mass is 447 g/mol. The van der Waals surface area contributed by atoms with Gasteiger partial charge in [-0.15, -0.1) is 11.8 Å². The Kier molecular flexibility index (Phi) is 6.72. The number of nitrogens with one attached hydrogen (secondary N) is 1. The largest absolute Gasteiger partial charge is 0.366 e. The van der Waals surface area contributed by atoms with Gasteiger partial charge in [0.25, 0.3) is 15.9 Å². The number of primary amides is 1. The molecule has 1 heterocycles. The molecule has 0 aromatic heterocycles. The van der Waals surface area contributed by atoms with Crippen molar-refractivity contribution in [2.75, 3.05) is 24.1 Å². The third kappa shape index (κ3) is 4.96. The molecule has 9 heteroatoms. The topological polar surface area (TPSA) is 110 Å². The Morgan fingerprint density at radius 1 is 1.10 bits per heavy atom. The summed E-state index contributed by atoms with van der Waals surface area (Å²) in [6.07, 6.45) is 3.75. The van der Waals surface area contributed by atoms with Gasteiger partial charge in [-0.05, 0) is 67.5 Å². The molecule has 0 unspecified atom stereocenters. The van der Waals surface area contributed by atoms with Gasteiger partial charge in [0.15, 0.2) is 0 Å². The van der Waals surface area contributed by atoms with Gasteiger partial charge in [-0.2, -0.15) is 0 Å². The lowest BCUT2D eigenvalue weighted by Gasteiger charge is -2.30. The van der Waals surface area contributed by atoms with Crippen molar-refractivity contribution in [3.63, 3.8) is 0 Å². The van der Waals surface area contributed by atoms with Crippen molar-refractivity contribution < 1.29 is 18.0 Å². The summed E-state index contributed by atoms with van der Waals surface area (Å²) in [5.74, 6) is -0.146. The van der Waals surface area contributed by atoms with E-state index in [-0.39, 0.29) is 16.4 Å². The van der Waals surface area contributed by atoms with Crippen molar-refractivity contribution >= 4 is 39.3 Å². The van der Waals surface area contributed by atoms with Crippen LogP contribution in [0.25, 0.3) is 0 Å². The van der Waals surface area contributed by atoms with Crippen molar-refractivity contribution in [1.29, 1.82) is 0 Å². The number of likely N-dealkylation sites (tertiary alicyclic amines) is 1. The number of rotatable bonds is 6. The molecule has 30 heavy (non-hydrogen) atoms. The van der Waals surface area contributed by atoms with Crippen molar-refractivity contribution in [3.8, 4) is 0 Å². The molecule has 0 saturated carbocycles. The van der Waals surface area contributed by atoms with E-state index in [1.807, 2.05) is 6.26 Å². The Labute approximate surface area is 181 Å². The Balaban J connectivity index is 1.87. The first kappa shape index (κ1) is 22.2. The summed E-state index contributed by atoms with van der Waals surface area (Å²) in [7, 11) is -3.91. The maximum Gasteiger partial charge on any atom is 0.261 e. The molecule has 0 radical (unpaired) electrons. The predicted octanol–water partition coefficient (Wildman–Crippen LogP) is 3.18. The predicted molar refractivity (Wildman–Crippen MR) is 118 cm³/mol. The quantitative estimate of drug-likeness (QED) is 0.661. The molecular formula is C21H25N3O4S2. The van der Waals surface area contributed by atoms with Crippen LogP contribution in [0.5, 0.6) is 0 Å². The Bertz CT molecular complexity index is 1040. The number of thioether (sulfide) groups is 1. The number of sulfonamides is 1. The smallest absolute Gasteiger partial charge is 0.261 e. The van der Waals surface area contributed by atoms with E-state index in [4.69, 9.17) is 5.73 Å². The molecule has 3 N–H and O–H groups in total. The molecule has 2 aromatic carbocycles. The molecule has 1 fully saturated rings. The van der Waals surface area contributed by atoms with Crippen LogP contribution in [-0.2, 0) is 10.0 Å². The average Bonchev–Trinajstić information content (AvgIpc) is 2.73. The highest BCUT2D eigenvalue weighted by Gasteiger charge is 2.25. The van der Waals surface area contributed by atoms with Crippen LogP contribution in [0.1, 0.15) is 40.5 Å². The third-order valence-electron chi connectivity index (χ3n) is 5.20. The van der Waals surface area contributed by atoms with Gasteiger partial charge in [-0.1, -0.05) is 6.92 Å². The number of benzene rings is 2. The van der Waals surface area contributed by atoms with Crippen LogP contribution in [0.3, 0.4) is 0 Å². The van der Waals surface area contributed by atoms with Gasteiger partial charge < -0.3 is 10.6 Å². The zero-order valence-electron chi connectivity index (χ0n) is 16.9. The van der Waals surface area contributed by atoms with E-state index in [1.165, 1.54) is 48.2 Å². The second kappa shape index (κ2) is 9.09. The fourth-order valence-electron chi connectivity index (χ4n) is 3.32. The summed E-state index contributed by atoms with van der Waals surface area (Å²) >= 11 is 1.41. The standard InChI is InChI=1S/C21H25N3O4S2/c1-14-9-11-24(12-10-14)21(26)18-13-17(7-8-19(18)29-2)30(27,28)23-16-5-3-15(4-6-16)20(22)25/h3-8,13-14,23H,9-12H2,1-2H3,(H2,22,25). The van der Waals surface area contributed by atoms with Crippen LogP contribution >= 0.6 is 11.8 Å². The van der Waals surface area contributed by atoms with Crippen molar-refractivity contribution in [2.24, 2.45) is 11.7 Å². The first-order valence-electron chi connectivity index (χ1n) is 9.61. The summed E-state index contributed by atoms with van der Waals surface area (Å²) in [6, 6.07) is 10.4. The highest BCUT2D eigenvalue weighted by atomic mass is 32.2. The fourth-order valence-corrected chi connectivity index (χ4v) is 4.97. The Morgan fingerprint density at radius 2 is 1.73 bits per heavy atom. The number of carbonyl (C=O) groups is 2. The number of amides is 2. The Hall–Kier alpha value is -2.52. The van der Waals surface area contributed by atoms with Gasteiger partial charge in [0.1, 0.15) is 0 Å². The van der Waals surface area contributed by atoms with Crippen LogP contribution in [-0.4, -0.2) is 44.5 Å². The van der Waals surface area contributed by atoms with Gasteiger partial charge >= 0.3 is 0 Å². The summed E-state index contributed by atoms with van der Waals surface area (Å²) in [6.45, 7) is 3.52. The number of nitrogens with zero attached hydrogens (tertiary/aromatic N) is 1. The van der Waals surface area contributed by atoms with Crippen molar-refractivity contribution in [2.45, 2.75) is 29.6 Å². The molecule has 0 aliphatic carbocycles. The molecule has 0 bridgehead atoms. The van der Waals surface area contributed by atoms with Crippen LogP contribution in [0.15, 0.2) is 52.3 Å². The van der Waals surface area contributed by atoms with Gasteiger partial charge in [-0.3, -0.25) is 14.3 Å². The molecule has 1 aliphatic heterocycles. The van der Waals surface area contributed by atoms with E-state index in [1.54, 1.807) is 11.0 Å². The SMILES string of the molecule is CSc1ccc(S(=O)(=O)Nc2ccc(C(N)=O)cc2)cc1C(=O)N1CCC(C)CC1. The molecule has 0 spiro atoms.